The molecule has 0 fully saturated rings. The summed E-state index contributed by atoms with van der Waals surface area (Å²) in [5, 5.41) is 4.37. The molecule has 0 aliphatic carbocycles. The predicted molar refractivity (Wildman–Crippen MR) is 74.5 cm³/mol. The molecule has 0 radical (unpaired) electrons. The van der Waals surface area contributed by atoms with Crippen LogP contribution in [0.5, 0.6) is 0 Å². The van der Waals surface area contributed by atoms with Crippen molar-refractivity contribution in [3.63, 3.8) is 0 Å². The fourth-order valence-corrected chi connectivity index (χ4v) is 2.34. The van der Waals surface area contributed by atoms with Gasteiger partial charge in [0, 0.05) is 10.0 Å². The van der Waals surface area contributed by atoms with Gasteiger partial charge in [0.15, 0.2) is 0 Å². The Balaban J connectivity index is 2.54. The van der Waals surface area contributed by atoms with Crippen molar-refractivity contribution in [1.29, 1.82) is 0 Å². The SMILES string of the molecule is Cc1cc(Br)ccc1-n1ncc(C(C)C)c1N. The quantitative estimate of drug-likeness (QED) is 0.918. The lowest BCUT2D eigenvalue weighted by molar-refractivity contribution is 0.865. The summed E-state index contributed by atoms with van der Waals surface area (Å²) in [4.78, 5) is 0. The average Bonchev–Trinajstić information content (AvgIpc) is 2.60. The van der Waals surface area contributed by atoms with E-state index in [4.69, 9.17) is 5.73 Å². The zero-order valence-electron chi connectivity index (χ0n) is 10.2. The number of anilines is 1. The van der Waals surface area contributed by atoms with Crippen molar-refractivity contribution in [1.82, 2.24) is 9.78 Å². The Morgan fingerprint density at radius 2 is 2.06 bits per heavy atom. The van der Waals surface area contributed by atoms with E-state index in [0.717, 1.165) is 27.1 Å². The number of hydrogen-bond donors (Lipinski definition) is 1. The number of nitrogens with zero attached hydrogens (tertiary/aromatic N) is 2. The molecule has 0 aliphatic heterocycles. The molecule has 2 N–H and O–H groups in total. The second-order valence-electron chi connectivity index (χ2n) is 4.48. The average molecular weight is 294 g/mol. The van der Waals surface area contributed by atoms with Crippen LogP contribution in [0.4, 0.5) is 5.82 Å². The highest BCUT2D eigenvalue weighted by Gasteiger charge is 2.13. The minimum Gasteiger partial charge on any atom is -0.383 e. The summed E-state index contributed by atoms with van der Waals surface area (Å²) in [7, 11) is 0. The van der Waals surface area contributed by atoms with E-state index in [1.165, 1.54) is 0 Å². The zero-order chi connectivity index (χ0) is 12.6. The minimum absolute atomic E-state index is 0.388. The number of benzene rings is 1. The second-order valence-corrected chi connectivity index (χ2v) is 5.40. The van der Waals surface area contributed by atoms with E-state index in [9.17, 15) is 0 Å². The number of nitrogens with two attached hydrogens (primary N) is 1. The molecular weight excluding hydrogens is 278 g/mol. The summed E-state index contributed by atoms with van der Waals surface area (Å²) in [5.41, 5.74) is 9.39. The van der Waals surface area contributed by atoms with E-state index in [-0.39, 0.29) is 0 Å². The Morgan fingerprint density at radius 3 is 2.59 bits per heavy atom. The lowest BCUT2D eigenvalue weighted by Gasteiger charge is -2.09. The molecule has 17 heavy (non-hydrogen) atoms. The summed E-state index contributed by atoms with van der Waals surface area (Å²) in [6.45, 7) is 6.29. The third-order valence-electron chi connectivity index (χ3n) is 2.85. The van der Waals surface area contributed by atoms with Crippen LogP contribution in [-0.4, -0.2) is 9.78 Å². The highest BCUT2D eigenvalue weighted by atomic mass is 79.9. The predicted octanol–water partition coefficient (Wildman–Crippen LogP) is 3.65. The molecule has 0 bridgehead atoms. The molecule has 0 saturated carbocycles. The standard InChI is InChI=1S/C13H16BrN3/c1-8(2)11-7-16-17(13(11)15)12-5-4-10(14)6-9(12)3/h4-8H,15H2,1-3H3. The molecule has 0 atom stereocenters. The van der Waals surface area contributed by atoms with Gasteiger partial charge in [-0.1, -0.05) is 29.8 Å². The molecule has 90 valence electrons. The molecule has 1 aromatic heterocycles. The van der Waals surface area contributed by atoms with Crippen LogP contribution in [-0.2, 0) is 0 Å². The molecule has 0 saturated heterocycles. The van der Waals surface area contributed by atoms with E-state index in [1.54, 1.807) is 4.68 Å². The molecule has 2 aromatic rings. The summed E-state index contributed by atoms with van der Waals surface area (Å²) >= 11 is 3.45. The van der Waals surface area contributed by atoms with Crippen molar-refractivity contribution in [3.05, 3.63) is 40.0 Å². The molecule has 4 heteroatoms. The second kappa shape index (κ2) is 4.53. The van der Waals surface area contributed by atoms with E-state index in [2.05, 4.69) is 47.9 Å². The Morgan fingerprint density at radius 1 is 1.35 bits per heavy atom. The van der Waals surface area contributed by atoms with Gasteiger partial charge in [-0.3, -0.25) is 0 Å². The van der Waals surface area contributed by atoms with Crippen LogP contribution >= 0.6 is 15.9 Å². The Kier molecular flexibility index (Phi) is 3.24. The lowest BCUT2D eigenvalue weighted by Crippen LogP contribution is -2.05. The van der Waals surface area contributed by atoms with Crippen LogP contribution in [0.25, 0.3) is 5.69 Å². The Hall–Kier alpha value is -1.29. The third-order valence-corrected chi connectivity index (χ3v) is 3.34. The highest BCUT2D eigenvalue weighted by molar-refractivity contribution is 9.10. The first-order valence-corrected chi connectivity index (χ1v) is 6.40. The van der Waals surface area contributed by atoms with Gasteiger partial charge >= 0.3 is 0 Å². The van der Waals surface area contributed by atoms with Crippen molar-refractivity contribution in [2.24, 2.45) is 0 Å². The van der Waals surface area contributed by atoms with E-state index in [0.29, 0.717) is 5.92 Å². The normalized spacial score (nSPS) is 11.1. The maximum Gasteiger partial charge on any atom is 0.130 e. The van der Waals surface area contributed by atoms with Crippen molar-refractivity contribution < 1.29 is 0 Å². The minimum atomic E-state index is 0.388. The van der Waals surface area contributed by atoms with Gasteiger partial charge in [-0.2, -0.15) is 5.10 Å². The fourth-order valence-electron chi connectivity index (χ4n) is 1.86. The van der Waals surface area contributed by atoms with Crippen molar-refractivity contribution in [2.75, 3.05) is 5.73 Å². The zero-order valence-corrected chi connectivity index (χ0v) is 11.8. The molecule has 0 spiro atoms. The van der Waals surface area contributed by atoms with Gasteiger partial charge in [0.25, 0.3) is 0 Å². The smallest absolute Gasteiger partial charge is 0.130 e. The van der Waals surface area contributed by atoms with E-state index >= 15 is 0 Å². The largest absolute Gasteiger partial charge is 0.383 e. The topological polar surface area (TPSA) is 43.8 Å². The number of halogens is 1. The van der Waals surface area contributed by atoms with Crippen molar-refractivity contribution in [3.8, 4) is 5.69 Å². The summed E-state index contributed by atoms with van der Waals surface area (Å²) in [6, 6.07) is 6.08. The highest BCUT2D eigenvalue weighted by Crippen LogP contribution is 2.26. The van der Waals surface area contributed by atoms with E-state index in [1.807, 2.05) is 18.3 Å². The van der Waals surface area contributed by atoms with Crippen molar-refractivity contribution >= 4 is 21.7 Å². The monoisotopic (exact) mass is 293 g/mol. The molecule has 3 nitrogen and oxygen atoms in total. The Bertz CT molecular complexity index is 544. The molecule has 0 unspecified atom stereocenters. The lowest BCUT2D eigenvalue weighted by atomic mass is 10.1. The van der Waals surface area contributed by atoms with Crippen molar-refractivity contribution in [2.45, 2.75) is 26.7 Å². The molecule has 1 aromatic carbocycles. The first kappa shape index (κ1) is 12.2. The van der Waals surface area contributed by atoms with Gasteiger partial charge in [-0.05, 0) is 36.6 Å². The molecule has 0 amide bonds. The molecule has 1 heterocycles. The Labute approximate surface area is 110 Å². The number of rotatable bonds is 2. The third kappa shape index (κ3) is 2.22. The van der Waals surface area contributed by atoms with Crippen LogP contribution in [0.2, 0.25) is 0 Å². The van der Waals surface area contributed by atoms with Gasteiger partial charge in [-0.25, -0.2) is 4.68 Å². The van der Waals surface area contributed by atoms with Crippen LogP contribution in [0.3, 0.4) is 0 Å². The van der Waals surface area contributed by atoms with Crippen LogP contribution in [0, 0.1) is 6.92 Å². The number of aryl methyl sites for hydroxylation is 1. The van der Waals surface area contributed by atoms with E-state index < -0.39 is 0 Å². The number of aromatic nitrogens is 2. The first-order chi connectivity index (χ1) is 8.00. The van der Waals surface area contributed by atoms with Crippen LogP contribution < -0.4 is 5.73 Å². The van der Waals surface area contributed by atoms with Gasteiger partial charge in [0.1, 0.15) is 5.82 Å². The summed E-state index contributed by atoms with van der Waals surface area (Å²) in [6.07, 6.45) is 1.85. The maximum absolute atomic E-state index is 6.13. The fraction of sp³-hybridized carbons (Fsp3) is 0.308. The molecular formula is C13H16BrN3. The summed E-state index contributed by atoms with van der Waals surface area (Å²) in [5.74, 6) is 1.12. The van der Waals surface area contributed by atoms with Gasteiger partial charge in [-0.15, -0.1) is 0 Å². The van der Waals surface area contributed by atoms with Gasteiger partial charge in [0.2, 0.25) is 0 Å². The molecule has 2 rings (SSSR count). The van der Waals surface area contributed by atoms with Gasteiger partial charge in [0.05, 0.1) is 11.9 Å². The number of hydrogen-bond acceptors (Lipinski definition) is 2. The first-order valence-electron chi connectivity index (χ1n) is 5.60. The van der Waals surface area contributed by atoms with Crippen LogP contribution in [0.1, 0.15) is 30.9 Å². The summed E-state index contributed by atoms with van der Waals surface area (Å²) < 4.78 is 2.87. The molecule has 0 aliphatic rings. The number of nitrogen functional groups attached to an aromatic ring is 1. The maximum atomic E-state index is 6.13. The van der Waals surface area contributed by atoms with Gasteiger partial charge < -0.3 is 5.73 Å². The van der Waals surface area contributed by atoms with Crippen LogP contribution in [0.15, 0.2) is 28.9 Å².